The van der Waals surface area contributed by atoms with Gasteiger partial charge in [0.15, 0.2) is 0 Å². The van der Waals surface area contributed by atoms with Gasteiger partial charge < -0.3 is 14.8 Å². The maximum Gasteiger partial charge on any atom is 0.337 e. The lowest BCUT2D eigenvalue weighted by Crippen LogP contribution is -2.40. The summed E-state index contributed by atoms with van der Waals surface area (Å²) in [4.78, 5) is 24.3. The molecule has 2 aromatic rings. The van der Waals surface area contributed by atoms with E-state index in [1.807, 2.05) is 0 Å². The second-order valence-electron chi connectivity index (χ2n) is 7.40. The van der Waals surface area contributed by atoms with E-state index in [9.17, 15) is 26.4 Å². The van der Waals surface area contributed by atoms with Gasteiger partial charge in [0.05, 0.1) is 42.7 Å². The summed E-state index contributed by atoms with van der Waals surface area (Å²) in [5.41, 5.74) is 0.632. The van der Waals surface area contributed by atoms with Crippen LogP contribution >= 0.6 is 0 Å². The van der Waals surface area contributed by atoms with Crippen LogP contribution in [0, 0.1) is 0 Å². The Bertz CT molecular complexity index is 1260. The highest BCUT2D eigenvalue weighted by Gasteiger charge is 2.27. The fraction of sp³-hybridized carbons (Fsp3) is 0.333. The van der Waals surface area contributed by atoms with Crippen LogP contribution in [0.2, 0.25) is 0 Å². The zero-order chi connectivity index (χ0) is 24.9. The number of ether oxygens (including phenoxy) is 2. The molecule has 2 aromatic carbocycles. The second-order valence-corrected chi connectivity index (χ2v) is 11.2. The molecule has 3 rings (SSSR count). The van der Waals surface area contributed by atoms with Crippen LogP contribution in [0.25, 0.3) is 0 Å². The van der Waals surface area contributed by atoms with Crippen molar-refractivity contribution in [1.82, 2.24) is 4.31 Å². The van der Waals surface area contributed by atoms with Gasteiger partial charge in [0, 0.05) is 18.8 Å². The van der Waals surface area contributed by atoms with Gasteiger partial charge in [-0.25, -0.2) is 21.6 Å². The Hall–Kier alpha value is -3.00. The molecule has 1 heterocycles. The summed E-state index contributed by atoms with van der Waals surface area (Å²) in [5, 5.41) is 2.55. The van der Waals surface area contributed by atoms with Crippen LogP contribution in [0.4, 0.5) is 11.4 Å². The van der Waals surface area contributed by atoms with Crippen molar-refractivity contribution in [1.29, 1.82) is 0 Å². The molecule has 0 aliphatic carbocycles. The SMILES string of the molecule is COC(=O)c1cccc(NC(=O)CN(c2ccc(S(=O)(=O)N3CCOCC3)cc2)S(C)(=O)=O)c1. The third-order valence-electron chi connectivity index (χ3n) is 4.99. The summed E-state index contributed by atoms with van der Waals surface area (Å²) in [6.07, 6.45) is 0.941. The van der Waals surface area contributed by atoms with Crippen LogP contribution in [0.5, 0.6) is 0 Å². The largest absolute Gasteiger partial charge is 0.465 e. The Morgan fingerprint density at radius 2 is 1.71 bits per heavy atom. The van der Waals surface area contributed by atoms with E-state index >= 15 is 0 Å². The first-order valence-corrected chi connectivity index (χ1v) is 13.4. The number of benzene rings is 2. The minimum absolute atomic E-state index is 0.00989. The van der Waals surface area contributed by atoms with E-state index in [0.29, 0.717) is 13.2 Å². The number of carbonyl (C=O) groups is 2. The second kappa shape index (κ2) is 10.5. The van der Waals surface area contributed by atoms with E-state index in [-0.39, 0.29) is 34.9 Å². The van der Waals surface area contributed by atoms with Crippen molar-refractivity contribution in [3.63, 3.8) is 0 Å². The quantitative estimate of drug-likeness (QED) is 0.516. The molecule has 34 heavy (non-hydrogen) atoms. The number of nitrogens with one attached hydrogen (secondary N) is 1. The smallest absolute Gasteiger partial charge is 0.337 e. The number of morpholine rings is 1. The molecule has 0 aromatic heterocycles. The summed E-state index contributed by atoms with van der Waals surface area (Å²) in [5.74, 6) is -1.24. The zero-order valence-corrected chi connectivity index (χ0v) is 20.3. The van der Waals surface area contributed by atoms with Crippen LogP contribution in [-0.4, -0.2) is 79.2 Å². The first-order valence-electron chi connectivity index (χ1n) is 10.2. The molecular weight excluding hydrogens is 486 g/mol. The van der Waals surface area contributed by atoms with Crippen molar-refractivity contribution in [3.8, 4) is 0 Å². The molecule has 0 unspecified atom stereocenters. The molecule has 1 amide bonds. The van der Waals surface area contributed by atoms with Crippen molar-refractivity contribution in [2.24, 2.45) is 0 Å². The molecule has 0 saturated carbocycles. The Labute approximate surface area is 198 Å². The number of hydrogen-bond acceptors (Lipinski definition) is 8. The van der Waals surface area contributed by atoms with Crippen LogP contribution in [0.1, 0.15) is 10.4 Å². The molecule has 1 saturated heterocycles. The molecule has 13 heteroatoms. The number of rotatable bonds is 8. The number of hydrogen-bond donors (Lipinski definition) is 1. The van der Waals surface area contributed by atoms with Gasteiger partial charge >= 0.3 is 5.97 Å². The molecule has 0 spiro atoms. The van der Waals surface area contributed by atoms with E-state index in [0.717, 1.165) is 10.6 Å². The van der Waals surface area contributed by atoms with Gasteiger partial charge in [-0.15, -0.1) is 0 Å². The number of sulfonamides is 2. The van der Waals surface area contributed by atoms with E-state index in [1.165, 1.54) is 47.8 Å². The van der Waals surface area contributed by atoms with Crippen LogP contribution < -0.4 is 9.62 Å². The maximum absolute atomic E-state index is 12.8. The predicted octanol–water partition coefficient (Wildman–Crippen LogP) is 0.899. The molecule has 0 radical (unpaired) electrons. The molecule has 1 aliphatic rings. The molecule has 1 N–H and O–H groups in total. The van der Waals surface area contributed by atoms with Crippen molar-refractivity contribution < 1.29 is 35.9 Å². The lowest BCUT2D eigenvalue weighted by Gasteiger charge is -2.26. The monoisotopic (exact) mass is 511 g/mol. The van der Waals surface area contributed by atoms with E-state index in [1.54, 1.807) is 12.1 Å². The van der Waals surface area contributed by atoms with Crippen LogP contribution in [-0.2, 0) is 34.3 Å². The average molecular weight is 512 g/mol. The van der Waals surface area contributed by atoms with Gasteiger partial charge in [-0.3, -0.25) is 9.10 Å². The number of nitrogens with zero attached hydrogens (tertiary/aromatic N) is 2. The number of anilines is 2. The number of amides is 1. The fourth-order valence-corrected chi connectivity index (χ4v) is 5.56. The Balaban J connectivity index is 1.77. The van der Waals surface area contributed by atoms with Gasteiger partial charge in [-0.2, -0.15) is 4.31 Å². The first-order chi connectivity index (χ1) is 16.0. The third-order valence-corrected chi connectivity index (χ3v) is 8.04. The van der Waals surface area contributed by atoms with E-state index in [2.05, 4.69) is 10.1 Å². The highest BCUT2D eigenvalue weighted by molar-refractivity contribution is 7.92. The van der Waals surface area contributed by atoms with Crippen LogP contribution in [0.3, 0.4) is 0 Å². The van der Waals surface area contributed by atoms with Gasteiger partial charge in [-0.05, 0) is 42.5 Å². The van der Waals surface area contributed by atoms with Gasteiger partial charge in [0.25, 0.3) is 0 Å². The molecule has 1 aliphatic heterocycles. The molecule has 184 valence electrons. The van der Waals surface area contributed by atoms with Gasteiger partial charge in [0.2, 0.25) is 26.0 Å². The maximum atomic E-state index is 12.8. The predicted molar refractivity (Wildman–Crippen MR) is 125 cm³/mol. The van der Waals surface area contributed by atoms with Crippen LogP contribution in [0.15, 0.2) is 53.4 Å². The Kier molecular flexibility index (Phi) is 7.92. The average Bonchev–Trinajstić information content (AvgIpc) is 2.82. The number of esters is 1. The van der Waals surface area contributed by atoms with Crippen molar-refractivity contribution >= 4 is 43.3 Å². The van der Waals surface area contributed by atoms with E-state index < -0.39 is 38.5 Å². The standard InChI is InChI=1S/C21H25N3O8S2/c1-31-21(26)16-4-3-5-17(14-16)22-20(25)15-24(33(2,27)28)18-6-8-19(9-7-18)34(29,30)23-10-12-32-13-11-23/h3-9,14H,10-13,15H2,1-2H3,(H,22,25). The number of carbonyl (C=O) groups excluding carboxylic acids is 2. The molecule has 0 atom stereocenters. The van der Waals surface area contributed by atoms with Gasteiger partial charge in [-0.1, -0.05) is 6.07 Å². The minimum atomic E-state index is -3.88. The first kappa shape index (κ1) is 25.6. The normalized spacial score (nSPS) is 14.9. The topological polar surface area (TPSA) is 139 Å². The minimum Gasteiger partial charge on any atom is -0.465 e. The highest BCUT2D eigenvalue weighted by Crippen LogP contribution is 2.23. The summed E-state index contributed by atoms with van der Waals surface area (Å²) >= 11 is 0. The van der Waals surface area contributed by atoms with Crippen molar-refractivity contribution in [2.75, 3.05) is 55.8 Å². The summed E-state index contributed by atoms with van der Waals surface area (Å²) in [7, 11) is -6.40. The van der Waals surface area contributed by atoms with Crippen molar-refractivity contribution in [3.05, 3.63) is 54.1 Å². The summed E-state index contributed by atoms with van der Waals surface area (Å²) in [6.45, 7) is 0.512. The van der Waals surface area contributed by atoms with E-state index in [4.69, 9.17) is 4.74 Å². The van der Waals surface area contributed by atoms with Crippen molar-refractivity contribution in [2.45, 2.75) is 4.90 Å². The lowest BCUT2D eigenvalue weighted by atomic mass is 10.2. The Morgan fingerprint density at radius 1 is 1.06 bits per heavy atom. The fourth-order valence-electron chi connectivity index (χ4n) is 3.29. The molecule has 1 fully saturated rings. The lowest BCUT2D eigenvalue weighted by molar-refractivity contribution is -0.114. The van der Waals surface area contributed by atoms with Gasteiger partial charge in [0.1, 0.15) is 6.54 Å². The molecule has 11 nitrogen and oxygen atoms in total. The molecular formula is C21H25N3O8S2. The number of methoxy groups -OCH3 is 1. The molecule has 0 bridgehead atoms. The third kappa shape index (κ3) is 6.11. The highest BCUT2D eigenvalue weighted by atomic mass is 32.2. The summed E-state index contributed by atoms with van der Waals surface area (Å²) in [6, 6.07) is 11.3. The zero-order valence-electron chi connectivity index (χ0n) is 18.6. The summed E-state index contributed by atoms with van der Waals surface area (Å²) < 4.78 is 62.3. The Morgan fingerprint density at radius 3 is 2.29 bits per heavy atom.